The summed E-state index contributed by atoms with van der Waals surface area (Å²) in [6.45, 7) is 3.32. The van der Waals surface area contributed by atoms with Crippen LogP contribution in [-0.4, -0.2) is 9.97 Å². The van der Waals surface area contributed by atoms with Crippen molar-refractivity contribution in [2.45, 2.75) is 26.1 Å². The number of hydrogen-bond donors (Lipinski definition) is 1. The second-order valence-electron chi connectivity index (χ2n) is 5.36. The van der Waals surface area contributed by atoms with Crippen molar-refractivity contribution in [3.8, 4) is 5.75 Å². The highest BCUT2D eigenvalue weighted by Gasteiger charge is 2.07. The lowest BCUT2D eigenvalue weighted by molar-refractivity contribution is 0.305. The predicted octanol–water partition coefficient (Wildman–Crippen LogP) is 4.62. The normalized spacial score (nSPS) is 12.1. The van der Waals surface area contributed by atoms with Crippen LogP contribution in [0.15, 0.2) is 54.2 Å². The Morgan fingerprint density at radius 1 is 1.17 bits per heavy atom. The molecule has 0 amide bonds. The van der Waals surface area contributed by atoms with Crippen LogP contribution >= 0.6 is 22.9 Å². The number of thiazole rings is 1. The first kappa shape index (κ1) is 16.9. The first-order chi connectivity index (χ1) is 11.7. The Balaban J connectivity index is 1.49. The van der Waals surface area contributed by atoms with Crippen LogP contribution in [0.25, 0.3) is 0 Å². The third-order valence-electron chi connectivity index (χ3n) is 3.57. The summed E-state index contributed by atoms with van der Waals surface area (Å²) in [5.41, 5.74) is 2.24. The van der Waals surface area contributed by atoms with Gasteiger partial charge < -0.3 is 10.1 Å². The summed E-state index contributed by atoms with van der Waals surface area (Å²) in [5, 5.41) is 7.19. The van der Waals surface area contributed by atoms with Crippen LogP contribution in [0, 0.1) is 0 Å². The molecule has 6 heteroatoms. The summed E-state index contributed by atoms with van der Waals surface area (Å²) in [5.74, 6) is 0.792. The summed E-state index contributed by atoms with van der Waals surface area (Å²) in [6.07, 6.45) is 3.62. The summed E-state index contributed by atoms with van der Waals surface area (Å²) >= 11 is 7.47. The molecule has 0 spiro atoms. The number of halogens is 1. The van der Waals surface area contributed by atoms with Gasteiger partial charge in [-0.05, 0) is 48.9 Å². The number of benzene rings is 1. The molecular weight excluding hydrogens is 342 g/mol. The number of nitrogens with one attached hydrogen (secondary N) is 1. The molecule has 2 heterocycles. The van der Waals surface area contributed by atoms with Crippen molar-refractivity contribution >= 4 is 22.9 Å². The van der Waals surface area contributed by atoms with Crippen LogP contribution in [0.1, 0.15) is 29.2 Å². The zero-order chi connectivity index (χ0) is 16.8. The van der Waals surface area contributed by atoms with Crippen molar-refractivity contribution < 1.29 is 4.74 Å². The van der Waals surface area contributed by atoms with Gasteiger partial charge in [0.1, 0.15) is 17.4 Å². The zero-order valence-electron chi connectivity index (χ0n) is 13.3. The molecule has 3 aromatic rings. The molecule has 0 aliphatic heterocycles. The van der Waals surface area contributed by atoms with Gasteiger partial charge in [0.15, 0.2) is 0 Å². The molecule has 0 radical (unpaired) electrons. The van der Waals surface area contributed by atoms with Gasteiger partial charge in [0.25, 0.3) is 0 Å². The summed E-state index contributed by atoms with van der Waals surface area (Å²) < 4.78 is 5.72. The first-order valence-corrected chi connectivity index (χ1v) is 8.91. The topological polar surface area (TPSA) is 47.0 Å². The van der Waals surface area contributed by atoms with Gasteiger partial charge in [0, 0.05) is 35.4 Å². The van der Waals surface area contributed by atoms with Crippen LogP contribution in [0.5, 0.6) is 5.75 Å². The van der Waals surface area contributed by atoms with Crippen LogP contribution in [0.2, 0.25) is 5.02 Å². The quantitative estimate of drug-likeness (QED) is 0.668. The SMILES string of the molecule is CC(NCc1csc(COc2ccc(Cl)cc2)n1)c1ccncc1. The third-order valence-corrected chi connectivity index (χ3v) is 4.69. The fourth-order valence-electron chi connectivity index (χ4n) is 2.20. The maximum atomic E-state index is 5.86. The minimum absolute atomic E-state index is 0.253. The summed E-state index contributed by atoms with van der Waals surface area (Å²) in [6, 6.07) is 11.6. The molecule has 1 atom stereocenters. The number of pyridine rings is 1. The highest BCUT2D eigenvalue weighted by atomic mass is 35.5. The Labute approximate surface area is 150 Å². The minimum atomic E-state index is 0.253. The smallest absolute Gasteiger partial charge is 0.140 e. The van der Waals surface area contributed by atoms with Gasteiger partial charge in [-0.15, -0.1) is 11.3 Å². The van der Waals surface area contributed by atoms with Gasteiger partial charge in [0.05, 0.1) is 5.69 Å². The second kappa shape index (κ2) is 8.24. The molecule has 1 unspecified atom stereocenters. The molecule has 3 rings (SSSR count). The maximum absolute atomic E-state index is 5.86. The average molecular weight is 360 g/mol. The van der Waals surface area contributed by atoms with Gasteiger partial charge in [-0.1, -0.05) is 11.6 Å². The van der Waals surface area contributed by atoms with E-state index in [2.05, 4.69) is 27.6 Å². The largest absolute Gasteiger partial charge is 0.486 e. The second-order valence-corrected chi connectivity index (χ2v) is 6.74. The van der Waals surface area contributed by atoms with Crippen molar-refractivity contribution in [2.75, 3.05) is 0 Å². The Bertz CT molecular complexity index is 761. The van der Waals surface area contributed by atoms with E-state index in [1.165, 1.54) is 5.56 Å². The van der Waals surface area contributed by atoms with Crippen molar-refractivity contribution in [2.24, 2.45) is 0 Å². The van der Waals surface area contributed by atoms with Crippen LogP contribution < -0.4 is 10.1 Å². The number of rotatable bonds is 7. The Morgan fingerprint density at radius 3 is 2.67 bits per heavy atom. The Morgan fingerprint density at radius 2 is 1.92 bits per heavy atom. The van der Waals surface area contributed by atoms with E-state index in [1.807, 2.05) is 48.8 Å². The molecule has 1 N–H and O–H groups in total. The van der Waals surface area contributed by atoms with E-state index in [0.29, 0.717) is 11.6 Å². The summed E-state index contributed by atoms with van der Waals surface area (Å²) in [4.78, 5) is 8.64. The van der Waals surface area contributed by atoms with Crippen LogP contribution in [0.4, 0.5) is 0 Å². The lowest BCUT2D eigenvalue weighted by Crippen LogP contribution is -2.18. The molecule has 0 saturated heterocycles. The first-order valence-electron chi connectivity index (χ1n) is 7.65. The van der Waals surface area contributed by atoms with Crippen LogP contribution in [-0.2, 0) is 13.2 Å². The Kier molecular flexibility index (Phi) is 5.80. The molecule has 1 aromatic carbocycles. The van der Waals surface area contributed by atoms with Gasteiger partial charge in [-0.25, -0.2) is 4.98 Å². The molecule has 0 aliphatic rings. The van der Waals surface area contributed by atoms with E-state index in [4.69, 9.17) is 16.3 Å². The van der Waals surface area contributed by atoms with E-state index < -0.39 is 0 Å². The third kappa shape index (κ3) is 4.77. The molecular formula is C18H18ClN3OS. The van der Waals surface area contributed by atoms with Crippen molar-refractivity contribution in [3.05, 3.63) is 75.5 Å². The van der Waals surface area contributed by atoms with Gasteiger partial charge in [-0.3, -0.25) is 4.98 Å². The lowest BCUT2D eigenvalue weighted by atomic mass is 10.1. The zero-order valence-corrected chi connectivity index (χ0v) is 14.8. The molecule has 2 aromatic heterocycles. The van der Waals surface area contributed by atoms with E-state index in [-0.39, 0.29) is 6.04 Å². The van der Waals surface area contributed by atoms with E-state index >= 15 is 0 Å². The number of aromatic nitrogens is 2. The Hall–Kier alpha value is -1.95. The molecule has 0 bridgehead atoms. The maximum Gasteiger partial charge on any atom is 0.140 e. The van der Waals surface area contributed by atoms with Gasteiger partial charge in [-0.2, -0.15) is 0 Å². The van der Waals surface area contributed by atoms with Crippen molar-refractivity contribution in [1.29, 1.82) is 0 Å². The highest BCUT2D eigenvalue weighted by molar-refractivity contribution is 7.09. The van der Waals surface area contributed by atoms with E-state index in [9.17, 15) is 0 Å². The molecule has 0 aliphatic carbocycles. The summed E-state index contributed by atoms with van der Waals surface area (Å²) in [7, 11) is 0. The predicted molar refractivity (Wildman–Crippen MR) is 97.4 cm³/mol. The average Bonchev–Trinajstić information content (AvgIpc) is 3.08. The van der Waals surface area contributed by atoms with E-state index in [0.717, 1.165) is 23.0 Å². The molecule has 24 heavy (non-hydrogen) atoms. The molecule has 124 valence electrons. The van der Waals surface area contributed by atoms with E-state index in [1.54, 1.807) is 11.3 Å². The molecule has 0 saturated carbocycles. The fourth-order valence-corrected chi connectivity index (χ4v) is 3.03. The molecule has 4 nitrogen and oxygen atoms in total. The monoisotopic (exact) mass is 359 g/mol. The fraction of sp³-hybridized carbons (Fsp3) is 0.222. The number of nitrogens with zero attached hydrogens (tertiary/aromatic N) is 2. The minimum Gasteiger partial charge on any atom is -0.486 e. The van der Waals surface area contributed by atoms with Gasteiger partial charge >= 0.3 is 0 Å². The number of hydrogen-bond acceptors (Lipinski definition) is 5. The highest BCUT2D eigenvalue weighted by Crippen LogP contribution is 2.18. The van der Waals surface area contributed by atoms with Crippen molar-refractivity contribution in [1.82, 2.24) is 15.3 Å². The number of ether oxygens (including phenoxy) is 1. The molecule has 0 fully saturated rings. The van der Waals surface area contributed by atoms with Crippen LogP contribution in [0.3, 0.4) is 0 Å². The lowest BCUT2D eigenvalue weighted by Gasteiger charge is -2.12. The standard InChI is InChI=1S/C18H18ClN3OS/c1-13(14-6-8-20-9-7-14)21-10-16-12-24-18(22-16)11-23-17-4-2-15(19)3-5-17/h2-9,12-13,21H,10-11H2,1H3. The van der Waals surface area contributed by atoms with Crippen molar-refractivity contribution in [3.63, 3.8) is 0 Å². The van der Waals surface area contributed by atoms with Gasteiger partial charge in [0.2, 0.25) is 0 Å².